The summed E-state index contributed by atoms with van der Waals surface area (Å²) in [6.07, 6.45) is 2.06. The highest BCUT2D eigenvalue weighted by molar-refractivity contribution is 7.98. The Morgan fingerprint density at radius 2 is 1.75 bits per heavy atom. The molecule has 0 aliphatic carbocycles. The number of benzene rings is 2. The van der Waals surface area contributed by atoms with Gasteiger partial charge in [0, 0.05) is 15.8 Å². The Morgan fingerprint density at radius 1 is 1.00 bits per heavy atom. The first kappa shape index (κ1) is 12.9. The molecule has 0 aliphatic rings. The largest absolute Gasteiger partial charge is 0.383 e. The van der Waals surface area contributed by atoms with E-state index in [0.717, 1.165) is 22.0 Å². The van der Waals surface area contributed by atoms with Gasteiger partial charge in [0.15, 0.2) is 5.82 Å². The van der Waals surface area contributed by atoms with Crippen LogP contribution in [0.3, 0.4) is 0 Å². The van der Waals surface area contributed by atoms with E-state index >= 15 is 0 Å². The summed E-state index contributed by atoms with van der Waals surface area (Å²) in [5.41, 5.74) is 9.09. The normalized spacial score (nSPS) is 10.9. The number of rotatable bonds is 2. The molecule has 0 bridgehead atoms. The molecule has 0 fully saturated rings. The van der Waals surface area contributed by atoms with Crippen LogP contribution in [0.2, 0.25) is 0 Å². The molecule has 0 amide bonds. The highest BCUT2D eigenvalue weighted by atomic mass is 32.2. The lowest BCUT2D eigenvalue weighted by molar-refractivity contribution is 1.23. The summed E-state index contributed by atoms with van der Waals surface area (Å²) in [5, 5.41) is 0.912. The van der Waals surface area contributed by atoms with Crippen LogP contribution in [-0.2, 0) is 0 Å². The Balaban J connectivity index is 2.14. The van der Waals surface area contributed by atoms with Crippen LogP contribution in [0.4, 0.5) is 5.82 Å². The highest BCUT2D eigenvalue weighted by Crippen LogP contribution is 2.25. The van der Waals surface area contributed by atoms with Crippen molar-refractivity contribution in [3.8, 4) is 11.4 Å². The predicted octanol–water partition coefficient (Wildman–Crippen LogP) is 3.91. The molecule has 2 aromatic carbocycles. The smallest absolute Gasteiger partial charge is 0.162 e. The van der Waals surface area contributed by atoms with Crippen molar-refractivity contribution in [3.05, 3.63) is 48.0 Å². The van der Waals surface area contributed by atoms with Crippen LogP contribution in [0.15, 0.2) is 47.4 Å². The average molecular weight is 281 g/mol. The van der Waals surface area contributed by atoms with Gasteiger partial charge in [-0.2, -0.15) is 0 Å². The molecule has 3 rings (SSSR count). The van der Waals surface area contributed by atoms with Gasteiger partial charge in [-0.15, -0.1) is 11.8 Å². The van der Waals surface area contributed by atoms with Crippen molar-refractivity contribution >= 4 is 28.5 Å². The Kier molecular flexibility index (Phi) is 3.32. The van der Waals surface area contributed by atoms with Gasteiger partial charge >= 0.3 is 0 Å². The maximum Gasteiger partial charge on any atom is 0.162 e. The number of nitrogens with zero attached hydrogens (tertiary/aromatic N) is 2. The number of thioether (sulfide) groups is 1. The van der Waals surface area contributed by atoms with Gasteiger partial charge in [0.1, 0.15) is 5.82 Å². The van der Waals surface area contributed by atoms with Crippen LogP contribution in [-0.4, -0.2) is 16.2 Å². The zero-order valence-corrected chi connectivity index (χ0v) is 12.2. The van der Waals surface area contributed by atoms with E-state index < -0.39 is 0 Å². The second-order valence-electron chi connectivity index (χ2n) is 4.68. The molecule has 2 N–H and O–H groups in total. The average Bonchev–Trinajstić information content (AvgIpc) is 2.48. The number of aryl methyl sites for hydroxylation is 1. The van der Waals surface area contributed by atoms with Crippen molar-refractivity contribution in [1.29, 1.82) is 0 Å². The summed E-state index contributed by atoms with van der Waals surface area (Å²) < 4.78 is 0. The Bertz CT molecular complexity index is 767. The maximum atomic E-state index is 6.06. The van der Waals surface area contributed by atoms with E-state index in [1.165, 1.54) is 4.90 Å². The van der Waals surface area contributed by atoms with Gasteiger partial charge in [0.05, 0.1) is 5.52 Å². The highest BCUT2D eigenvalue weighted by Gasteiger charge is 2.07. The number of nitrogens with two attached hydrogens (primary N) is 1. The first-order valence-electron chi connectivity index (χ1n) is 6.35. The third-order valence-electron chi connectivity index (χ3n) is 3.23. The second kappa shape index (κ2) is 5.13. The summed E-state index contributed by atoms with van der Waals surface area (Å²) in [5.74, 6) is 1.20. The van der Waals surface area contributed by atoms with Crippen molar-refractivity contribution in [2.24, 2.45) is 0 Å². The summed E-state index contributed by atoms with van der Waals surface area (Å²) in [6, 6.07) is 14.2. The molecule has 0 spiro atoms. The quantitative estimate of drug-likeness (QED) is 0.724. The van der Waals surface area contributed by atoms with Gasteiger partial charge in [-0.25, -0.2) is 9.97 Å². The van der Waals surface area contributed by atoms with Gasteiger partial charge < -0.3 is 5.73 Å². The fourth-order valence-electron chi connectivity index (χ4n) is 2.14. The minimum atomic E-state index is 0.530. The van der Waals surface area contributed by atoms with Crippen LogP contribution < -0.4 is 5.73 Å². The van der Waals surface area contributed by atoms with Gasteiger partial charge in [-0.3, -0.25) is 0 Å². The van der Waals surface area contributed by atoms with Crippen molar-refractivity contribution in [1.82, 2.24) is 9.97 Å². The van der Waals surface area contributed by atoms with Crippen molar-refractivity contribution in [2.75, 3.05) is 12.0 Å². The molecule has 100 valence electrons. The summed E-state index contributed by atoms with van der Waals surface area (Å²) in [6.45, 7) is 2.04. The molecule has 0 saturated heterocycles. The van der Waals surface area contributed by atoms with Gasteiger partial charge in [0.2, 0.25) is 0 Å². The van der Waals surface area contributed by atoms with E-state index in [4.69, 9.17) is 5.73 Å². The molecule has 0 radical (unpaired) electrons. The third-order valence-corrected chi connectivity index (χ3v) is 3.97. The molecule has 3 nitrogen and oxygen atoms in total. The molecular formula is C16H15N3S. The number of aromatic nitrogens is 2. The zero-order chi connectivity index (χ0) is 14.1. The third kappa shape index (κ3) is 2.34. The fourth-order valence-corrected chi connectivity index (χ4v) is 2.54. The first-order chi connectivity index (χ1) is 9.67. The Hall–Kier alpha value is -2.07. The summed E-state index contributed by atoms with van der Waals surface area (Å²) in [4.78, 5) is 10.3. The van der Waals surface area contributed by atoms with Gasteiger partial charge in [0.25, 0.3) is 0 Å². The predicted molar refractivity (Wildman–Crippen MR) is 85.9 cm³/mol. The molecule has 3 aromatic rings. The molecule has 0 saturated carbocycles. The van der Waals surface area contributed by atoms with Crippen LogP contribution >= 0.6 is 11.8 Å². The number of hydrogen-bond donors (Lipinski definition) is 1. The second-order valence-corrected chi connectivity index (χ2v) is 5.56. The first-order valence-corrected chi connectivity index (χ1v) is 7.58. The number of fused-ring (bicyclic) bond motifs is 1. The zero-order valence-electron chi connectivity index (χ0n) is 11.4. The van der Waals surface area contributed by atoms with Crippen LogP contribution in [0.25, 0.3) is 22.3 Å². The minimum Gasteiger partial charge on any atom is -0.383 e. The Labute approximate surface area is 122 Å². The van der Waals surface area contributed by atoms with E-state index in [1.807, 2.05) is 37.3 Å². The van der Waals surface area contributed by atoms with E-state index in [9.17, 15) is 0 Å². The number of hydrogen-bond acceptors (Lipinski definition) is 4. The molecule has 4 heteroatoms. The van der Waals surface area contributed by atoms with Crippen molar-refractivity contribution < 1.29 is 0 Å². The molecule has 0 atom stereocenters. The van der Waals surface area contributed by atoms with Crippen LogP contribution in [0, 0.1) is 6.92 Å². The lowest BCUT2D eigenvalue weighted by Gasteiger charge is -2.07. The molecule has 0 aliphatic heterocycles. The lowest BCUT2D eigenvalue weighted by atomic mass is 10.1. The lowest BCUT2D eigenvalue weighted by Crippen LogP contribution is -1.98. The minimum absolute atomic E-state index is 0.530. The topological polar surface area (TPSA) is 51.8 Å². The maximum absolute atomic E-state index is 6.06. The fraction of sp³-hybridized carbons (Fsp3) is 0.125. The molecule has 0 unspecified atom stereocenters. The van der Waals surface area contributed by atoms with E-state index in [1.54, 1.807) is 11.8 Å². The van der Waals surface area contributed by atoms with Crippen LogP contribution in [0.1, 0.15) is 5.56 Å². The molecule has 1 aromatic heterocycles. The van der Waals surface area contributed by atoms with Crippen molar-refractivity contribution in [2.45, 2.75) is 11.8 Å². The monoisotopic (exact) mass is 281 g/mol. The Morgan fingerprint density at radius 3 is 2.45 bits per heavy atom. The van der Waals surface area contributed by atoms with Gasteiger partial charge in [-0.05, 0) is 37.4 Å². The molecule has 20 heavy (non-hydrogen) atoms. The van der Waals surface area contributed by atoms with Crippen LogP contribution in [0.5, 0.6) is 0 Å². The van der Waals surface area contributed by atoms with E-state index in [2.05, 4.69) is 28.4 Å². The molecular weight excluding hydrogens is 266 g/mol. The number of anilines is 1. The van der Waals surface area contributed by atoms with Crippen molar-refractivity contribution in [3.63, 3.8) is 0 Å². The number of nitrogen functional groups attached to an aromatic ring is 1. The van der Waals surface area contributed by atoms with E-state index in [0.29, 0.717) is 11.6 Å². The van der Waals surface area contributed by atoms with Gasteiger partial charge in [-0.1, -0.05) is 23.8 Å². The SMILES string of the molecule is CSc1ccc(-c2nc(N)c3cc(C)ccc3n2)cc1. The summed E-state index contributed by atoms with van der Waals surface area (Å²) in [7, 11) is 0. The standard InChI is InChI=1S/C16H15N3S/c1-10-3-8-14-13(9-10)15(17)19-16(18-14)11-4-6-12(20-2)7-5-11/h3-9H,1-2H3,(H2,17,18,19). The summed E-state index contributed by atoms with van der Waals surface area (Å²) >= 11 is 1.71. The molecule has 1 heterocycles. The van der Waals surface area contributed by atoms with E-state index in [-0.39, 0.29) is 0 Å².